The Morgan fingerprint density at radius 1 is 1.17 bits per heavy atom. The van der Waals surface area contributed by atoms with Crippen molar-refractivity contribution in [2.75, 3.05) is 18.5 Å². The molecule has 0 radical (unpaired) electrons. The van der Waals surface area contributed by atoms with Gasteiger partial charge in [0.15, 0.2) is 0 Å². The Kier molecular flexibility index (Phi) is 9.33. The van der Waals surface area contributed by atoms with Crippen molar-refractivity contribution in [3.63, 3.8) is 0 Å². The lowest BCUT2D eigenvalue weighted by molar-refractivity contribution is -0.124. The average Bonchev–Trinajstić information content (AvgIpc) is 2.76. The summed E-state index contributed by atoms with van der Waals surface area (Å²) in [6.45, 7) is 1.66. The maximum Gasteiger partial charge on any atom is 0.412 e. The van der Waals surface area contributed by atoms with Crippen molar-refractivity contribution in [2.24, 2.45) is 5.92 Å². The van der Waals surface area contributed by atoms with Gasteiger partial charge in [-0.25, -0.2) is 10.3 Å². The standard InChI is InChI=1S/C21H23BrN2O6/c1-14(6-11-19(26)24-28)20(17-4-2-3-5-18(17)29-13-12-25)30-21(27)23-16-9-7-15(22)8-10-16/h2-11,14,20,25,28H,12-13H2,1H3,(H,23,27)(H,24,26)/b11-6+/t14-,20-/m0/s1. The van der Waals surface area contributed by atoms with Crippen LogP contribution in [0.1, 0.15) is 18.6 Å². The van der Waals surface area contributed by atoms with E-state index in [1.54, 1.807) is 55.5 Å². The lowest BCUT2D eigenvalue weighted by Crippen LogP contribution is -2.22. The highest BCUT2D eigenvalue weighted by Gasteiger charge is 2.25. The number of ether oxygens (including phenoxy) is 2. The number of hydroxylamine groups is 1. The number of anilines is 1. The normalized spacial score (nSPS) is 12.8. The van der Waals surface area contributed by atoms with E-state index in [4.69, 9.17) is 19.8 Å². The zero-order valence-corrected chi connectivity index (χ0v) is 17.8. The number of rotatable bonds is 9. The van der Waals surface area contributed by atoms with Crippen molar-refractivity contribution in [1.29, 1.82) is 0 Å². The number of nitrogens with one attached hydrogen (secondary N) is 2. The van der Waals surface area contributed by atoms with E-state index in [-0.39, 0.29) is 13.2 Å². The topological polar surface area (TPSA) is 117 Å². The van der Waals surface area contributed by atoms with Gasteiger partial charge in [-0.2, -0.15) is 0 Å². The minimum Gasteiger partial charge on any atom is -0.491 e. The third-order valence-electron chi connectivity index (χ3n) is 4.04. The van der Waals surface area contributed by atoms with Crippen LogP contribution in [0.3, 0.4) is 0 Å². The number of hydrogen-bond donors (Lipinski definition) is 4. The molecule has 0 heterocycles. The van der Waals surface area contributed by atoms with Gasteiger partial charge >= 0.3 is 6.09 Å². The highest BCUT2D eigenvalue weighted by Crippen LogP contribution is 2.34. The molecule has 2 atom stereocenters. The van der Waals surface area contributed by atoms with E-state index in [0.29, 0.717) is 17.0 Å². The van der Waals surface area contributed by atoms with E-state index in [2.05, 4.69) is 21.2 Å². The molecule has 0 aliphatic heterocycles. The van der Waals surface area contributed by atoms with Gasteiger partial charge in [0.05, 0.1) is 6.61 Å². The second kappa shape index (κ2) is 12.0. The minimum atomic E-state index is -0.807. The summed E-state index contributed by atoms with van der Waals surface area (Å²) in [6.07, 6.45) is 1.15. The fourth-order valence-electron chi connectivity index (χ4n) is 2.63. The first-order valence-corrected chi connectivity index (χ1v) is 9.92. The van der Waals surface area contributed by atoms with E-state index in [1.165, 1.54) is 11.6 Å². The molecule has 2 aromatic carbocycles. The predicted molar refractivity (Wildman–Crippen MR) is 114 cm³/mol. The van der Waals surface area contributed by atoms with Crippen molar-refractivity contribution in [3.8, 4) is 5.75 Å². The van der Waals surface area contributed by atoms with Gasteiger partial charge in [-0.15, -0.1) is 0 Å². The Hall–Kier alpha value is -2.88. The van der Waals surface area contributed by atoms with Gasteiger partial charge in [0.1, 0.15) is 18.5 Å². The Morgan fingerprint density at radius 2 is 1.87 bits per heavy atom. The van der Waals surface area contributed by atoms with E-state index in [0.717, 1.165) is 10.5 Å². The van der Waals surface area contributed by atoms with Crippen LogP contribution < -0.4 is 15.5 Å². The number of carbonyl (C=O) groups excluding carboxylic acids is 2. The molecule has 9 heteroatoms. The number of halogens is 1. The summed E-state index contributed by atoms with van der Waals surface area (Å²) in [7, 11) is 0. The number of para-hydroxylation sites is 1. The molecule has 30 heavy (non-hydrogen) atoms. The highest BCUT2D eigenvalue weighted by atomic mass is 79.9. The second-order valence-electron chi connectivity index (χ2n) is 6.26. The van der Waals surface area contributed by atoms with Crippen LogP contribution in [0.2, 0.25) is 0 Å². The fourth-order valence-corrected chi connectivity index (χ4v) is 2.89. The maximum atomic E-state index is 12.5. The van der Waals surface area contributed by atoms with Gasteiger partial charge in [0.25, 0.3) is 5.91 Å². The molecule has 2 amide bonds. The number of carbonyl (C=O) groups is 2. The summed E-state index contributed by atoms with van der Waals surface area (Å²) in [5.74, 6) is -0.707. The van der Waals surface area contributed by atoms with Crippen LogP contribution >= 0.6 is 15.9 Å². The first kappa shape index (κ1) is 23.4. The van der Waals surface area contributed by atoms with Crippen molar-refractivity contribution in [1.82, 2.24) is 5.48 Å². The van der Waals surface area contributed by atoms with Crippen LogP contribution in [0.5, 0.6) is 5.75 Å². The zero-order chi connectivity index (χ0) is 21.9. The number of aliphatic hydroxyl groups is 1. The van der Waals surface area contributed by atoms with Crippen LogP contribution in [0.25, 0.3) is 0 Å². The van der Waals surface area contributed by atoms with Crippen LogP contribution in [0, 0.1) is 5.92 Å². The molecule has 0 fully saturated rings. The zero-order valence-electron chi connectivity index (χ0n) is 16.2. The minimum absolute atomic E-state index is 0.0754. The molecule has 0 saturated heterocycles. The summed E-state index contributed by atoms with van der Waals surface area (Å²) in [5.41, 5.74) is 2.63. The summed E-state index contributed by atoms with van der Waals surface area (Å²) in [5, 5.41) is 20.4. The van der Waals surface area contributed by atoms with Crippen molar-refractivity contribution >= 4 is 33.6 Å². The summed E-state index contributed by atoms with van der Waals surface area (Å²) < 4.78 is 12.1. The van der Waals surface area contributed by atoms with E-state index < -0.39 is 24.0 Å². The van der Waals surface area contributed by atoms with Gasteiger partial charge in [-0.1, -0.05) is 47.1 Å². The van der Waals surface area contributed by atoms with Gasteiger partial charge in [0, 0.05) is 27.7 Å². The number of benzene rings is 2. The van der Waals surface area contributed by atoms with E-state index in [9.17, 15) is 9.59 Å². The Morgan fingerprint density at radius 3 is 2.53 bits per heavy atom. The van der Waals surface area contributed by atoms with Crippen molar-refractivity contribution in [2.45, 2.75) is 13.0 Å². The number of amides is 2. The Labute approximate surface area is 182 Å². The third kappa shape index (κ3) is 7.18. The predicted octanol–water partition coefficient (Wildman–Crippen LogP) is 3.81. The molecule has 2 aromatic rings. The average molecular weight is 479 g/mol. The van der Waals surface area contributed by atoms with Gasteiger partial charge in [0.2, 0.25) is 0 Å². The van der Waals surface area contributed by atoms with Gasteiger partial charge in [-0.05, 0) is 30.3 Å². The molecule has 8 nitrogen and oxygen atoms in total. The smallest absolute Gasteiger partial charge is 0.412 e. The molecular weight excluding hydrogens is 456 g/mol. The molecule has 0 aliphatic carbocycles. The van der Waals surface area contributed by atoms with Gasteiger partial charge in [-0.3, -0.25) is 15.3 Å². The monoisotopic (exact) mass is 478 g/mol. The molecule has 4 N–H and O–H groups in total. The highest BCUT2D eigenvalue weighted by molar-refractivity contribution is 9.10. The van der Waals surface area contributed by atoms with Crippen LogP contribution in [0.4, 0.5) is 10.5 Å². The molecular formula is C21H23BrN2O6. The van der Waals surface area contributed by atoms with Crippen molar-refractivity contribution < 1.29 is 29.4 Å². The SMILES string of the molecule is C[C@@H](/C=C/C(=O)NO)[C@H](OC(=O)Nc1ccc(Br)cc1)c1ccccc1OCCO. The lowest BCUT2D eigenvalue weighted by atomic mass is 9.96. The van der Waals surface area contributed by atoms with E-state index in [1.807, 2.05) is 0 Å². The summed E-state index contributed by atoms with van der Waals surface area (Å²) >= 11 is 3.33. The molecule has 0 aliphatic rings. The van der Waals surface area contributed by atoms with Crippen LogP contribution in [-0.4, -0.2) is 35.5 Å². The largest absolute Gasteiger partial charge is 0.491 e. The second-order valence-corrected chi connectivity index (χ2v) is 7.18. The summed E-state index contributed by atoms with van der Waals surface area (Å²) in [4.78, 5) is 23.9. The van der Waals surface area contributed by atoms with E-state index >= 15 is 0 Å². The molecule has 160 valence electrons. The maximum absolute atomic E-state index is 12.5. The summed E-state index contributed by atoms with van der Waals surface area (Å²) in [6, 6.07) is 14.0. The van der Waals surface area contributed by atoms with Gasteiger partial charge < -0.3 is 14.6 Å². The number of hydrogen-bond acceptors (Lipinski definition) is 6. The molecule has 2 rings (SSSR count). The quantitative estimate of drug-likeness (QED) is 0.247. The molecule has 0 spiro atoms. The Bertz CT molecular complexity index is 872. The molecule has 0 bridgehead atoms. The lowest BCUT2D eigenvalue weighted by Gasteiger charge is -2.24. The first-order valence-electron chi connectivity index (χ1n) is 9.12. The first-order chi connectivity index (χ1) is 14.4. The molecule has 0 saturated carbocycles. The molecule has 0 unspecified atom stereocenters. The third-order valence-corrected chi connectivity index (χ3v) is 4.57. The van der Waals surface area contributed by atoms with Crippen molar-refractivity contribution in [3.05, 3.63) is 70.7 Å². The van der Waals surface area contributed by atoms with Crippen LogP contribution in [0.15, 0.2) is 65.2 Å². The number of aliphatic hydroxyl groups excluding tert-OH is 1. The van der Waals surface area contributed by atoms with Crippen LogP contribution in [-0.2, 0) is 9.53 Å². The molecule has 0 aromatic heterocycles. The fraction of sp³-hybridized carbons (Fsp3) is 0.238. The Balaban J connectivity index is 2.27.